The lowest BCUT2D eigenvalue weighted by atomic mass is 10.1. The molecule has 0 spiro atoms. The molecular weight excluding hydrogens is 348 g/mol. The smallest absolute Gasteiger partial charge is 0.161 e. The van der Waals surface area contributed by atoms with E-state index in [0.29, 0.717) is 18.8 Å². The molecule has 3 heteroatoms. The van der Waals surface area contributed by atoms with Crippen LogP contribution in [0.1, 0.15) is 90.0 Å². The lowest BCUT2D eigenvalue weighted by molar-refractivity contribution is -0.114. The Morgan fingerprint density at radius 3 is 2.29 bits per heavy atom. The second kappa shape index (κ2) is 16.0. The summed E-state index contributed by atoms with van der Waals surface area (Å²) in [5.41, 5.74) is 0.930. The van der Waals surface area contributed by atoms with Crippen molar-refractivity contribution in [3.63, 3.8) is 0 Å². The maximum atomic E-state index is 11.9. The first-order chi connectivity index (χ1) is 13.7. The number of hydrogen-bond acceptors (Lipinski definition) is 3. The van der Waals surface area contributed by atoms with E-state index in [-0.39, 0.29) is 11.5 Å². The van der Waals surface area contributed by atoms with Crippen LogP contribution in [0.4, 0.5) is 0 Å². The van der Waals surface area contributed by atoms with Crippen molar-refractivity contribution in [3.05, 3.63) is 42.0 Å². The van der Waals surface area contributed by atoms with E-state index < -0.39 is 0 Å². The van der Waals surface area contributed by atoms with Gasteiger partial charge in [0.05, 0.1) is 6.61 Å². The van der Waals surface area contributed by atoms with Gasteiger partial charge in [0, 0.05) is 6.42 Å². The molecule has 0 fully saturated rings. The summed E-state index contributed by atoms with van der Waals surface area (Å²) >= 11 is 0. The van der Waals surface area contributed by atoms with Gasteiger partial charge in [0.25, 0.3) is 0 Å². The molecule has 1 aromatic rings. The van der Waals surface area contributed by atoms with Gasteiger partial charge in [0.15, 0.2) is 17.3 Å². The Balaban J connectivity index is 2.21. The fourth-order valence-corrected chi connectivity index (χ4v) is 2.98. The lowest BCUT2D eigenvalue weighted by Crippen LogP contribution is -1.95. The number of phenols is 1. The van der Waals surface area contributed by atoms with E-state index >= 15 is 0 Å². The molecule has 0 amide bonds. The Morgan fingerprint density at radius 2 is 1.61 bits per heavy atom. The topological polar surface area (TPSA) is 46.5 Å². The molecule has 0 aliphatic rings. The van der Waals surface area contributed by atoms with Gasteiger partial charge in [0.2, 0.25) is 0 Å². The van der Waals surface area contributed by atoms with E-state index in [4.69, 9.17) is 4.74 Å². The number of hydrogen-bond donors (Lipinski definition) is 1. The van der Waals surface area contributed by atoms with Gasteiger partial charge in [-0.15, -0.1) is 0 Å². The zero-order chi connectivity index (χ0) is 20.5. The Kier molecular flexibility index (Phi) is 13.7. The third-order valence-electron chi connectivity index (χ3n) is 4.65. The number of ether oxygens (including phenoxy) is 1. The van der Waals surface area contributed by atoms with Gasteiger partial charge in [0.1, 0.15) is 0 Å². The number of ketones is 1. The summed E-state index contributed by atoms with van der Waals surface area (Å²) in [6.07, 6.45) is 20.1. The molecular formula is C25H38O3. The maximum Gasteiger partial charge on any atom is 0.161 e. The fourth-order valence-electron chi connectivity index (χ4n) is 2.98. The molecule has 1 rings (SSSR count). The number of carbonyl (C=O) groups excluding carboxylic acids is 1. The van der Waals surface area contributed by atoms with Crippen molar-refractivity contribution in [1.29, 1.82) is 0 Å². The predicted molar refractivity (Wildman–Crippen MR) is 119 cm³/mol. The summed E-state index contributed by atoms with van der Waals surface area (Å²) in [5.74, 6) is 0.831. The number of allylic oxidation sites excluding steroid dienone is 3. The van der Waals surface area contributed by atoms with Gasteiger partial charge in [-0.25, -0.2) is 0 Å². The Hall–Kier alpha value is -2.03. The van der Waals surface area contributed by atoms with Gasteiger partial charge < -0.3 is 9.84 Å². The first-order valence-corrected chi connectivity index (χ1v) is 11.0. The van der Waals surface area contributed by atoms with E-state index in [2.05, 4.69) is 6.92 Å². The molecule has 0 aliphatic heterocycles. The molecule has 0 heterocycles. The standard InChI is InChI=1S/C25H38O3/c1-3-5-6-7-8-9-10-11-12-16-23(26)17-14-13-15-22-18-19-24(27)25(21-22)28-20-4-2/h13-15,17-19,21,27H,3-12,16,20H2,1-2H3. The van der Waals surface area contributed by atoms with Crippen molar-refractivity contribution < 1.29 is 14.6 Å². The van der Waals surface area contributed by atoms with Crippen molar-refractivity contribution in [3.8, 4) is 11.5 Å². The van der Waals surface area contributed by atoms with Crippen LogP contribution >= 0.6 is 0 Å². The largest absolute Gasteiger partial charge is 0.504 e. The molecule has 0 bridgehead atoms. The average Bonchev–Trinajstić information content (AvgIpc) is 2.70. The van der Waals surface area contributed by atoms with Crippen LogP contribution in [0.5, 0.6) is 11.5 Å². The molecule has 1 N–H and O–H groups in total. The fraction of sp³-hybridized carbons (Fsp3) is 0.560. The highest BCUT2D eigenvalue weighted by Crippen LogP contribution is 2.27. The molecule has 3 nitrogen and oxygen atoms in total. The summed E-state index contributed by atoms with van der Waals surface area (Å²) in [6, 6.07) is 5.26. The highest BCUT2D eigenvalue weighted by molar-refractivity contribution is 5.89. The Bertz CT molecular complexity index is 602. The van der Waals surface area contributed by atoms with Gasteiger partial charge in [-0.05, 0) is 36.6 Å². The van der Waals surface area contributed by atoms with Crippen LogP contribution in [0, 0.1) is 0 Å². The molecule has 28 heavy (non-hydrogen) atoms. The average molecular weight is 387 g/mol. The second-order valence-electron chi connectivity index (χ2n) is 7.34. The maximum absolute atomic E-state index is 11.9. The SMILES string of the molecule is CCCCCCCCCCCC(=O)C=CC=Cc1ccc(O)c(OCCC)c1. The van der Waals surface area contributed by atoms with Crippen LogP contribution < -0.4 is 4.74 Å². The van der Waals surface area contributed by atoms with Crippen molar-refractivity contribution >= 4 is 11.9 Å². The van der Waals surface area contributed by atoms with Crippen molar-refractivity contribution in [2.45, 2.75) is 84.5 Å². The number of phenolic OH excluding ortho intramolecular Hbond substituents is 1. The van der Waals surface area contributed by atoms with Crippen LogP contribution in [-0.4, -0.2) is 17.5 Å². The minimum Gasteiger partial charge on any atom is -0.504 e. The van der Waals surface area contributed by atoms with Crippen molar-refractivity contribution in [1.82, 2.24) is 0 Å². The van der Waals surface area contributed by atoms with E-state index in [0.717, 1.165) is 24.8 Å². The summed E-state index contributed by atoms with van der Waals surface area (Å²) < 4.78 is 5.51. The first kappa shape index (κ1) is 24.0. The molecule has 0 aromatic heterocycles. The highest BCUT2D eigenvalue weighted by atomic mass is 16.5. The molecule has 0 radical (unpaired) electrons. The van der Waals surface area contributed by atoms with Crippen LogP contribution in [0.3, 0.4) is 0 Å². The molecule has 0 aliphatic carbocycles. The van der Waals surface area contributed by atoms with Crippen molar-refractivity contribution in [2.75, 3.05) is 6.61 Å². The summed E-state index contributed by atoms with van der Waals surface area (Å²) in [6.45, 7) is 4.85. The summed E-state index contributed by atoms with van der Waals surface area (Å²) in [5, 5.41) is 9.78. The normalized spacial score (nSPS) is 11.5. The van der Waals surface area contributed by atoms with Crippen molar-refractivity contribution in [2.24, 2.45) is 0 Å². The zero-order valence-corrected chi connectivity index (χ0v) is 17.8. The minimum atomic E-state index is 0.150. The van der Waals surface area contributed by atoms with Gasteiger partial charge in [-0.1, -0.05) is 89.5 Å². The third-order valence-corrected chi connectivity index (χ3v) is 4.65. The highest BCUT2D eigenvalue weighted by Gasteiger charge is 2.02. The molecule has 1 aromatic carbocycles. The van der Waals surface area contributed by atoms with E-state index in [1.165, 1.54) is 44.9 Å². The van der Waals surface area contributed by atoms with Crippen LogP contribution in [0.2, 0.25) is 0 Å². The number of unbranched alkanes of at least 4 members (excludes halogenated alkanes) is 8. The molecule has 0 atom stereocenters. The van der Waals surface area contributed by atoms with E-state index in [1.54, 1.807) is 24.3 Å². The number of aromatic hydroxyl groups is 1. The molecule has 0 saturated carbocycles. The second-order valence-corrected chi connectivity index (χ2v) is 7.34. The molecule has 156 valence electrons. The number of rotatable bonds is 16. The van der Waals surface area contributed by atoms with Gasteiger partial charge in [-0.3, -0.25) is 4.79 Å². The quantitative estimate of drug-likeness (QED) is 0.185. The molecule has 0 saturated heterocycles. The monoisotopic (exact) mass is 386 g/mol. The summed E-state index contributed by atoms with van der Waals surface area (Å²) in [4.78, 5) is 11.9. The van der Waals surface area contributed by atoms with E-state index in [9.17, 15) is 9.90 Å². The van der Waals surface area contributed by atoms with E-state index in [1.807, 2.05) is 25.1 Å². The minimum absolute atomic E-state index is 0.150. The Morgan fingerprint density at radius 1 is 0.929 bits per heavy atom. The predicted octanol–water partition coefficient (Wildman–Crippen LogP) is 7.24. The molecule has 0 unspecified atom stereocenters. The van der Waals surface area contributed by atoms with Crippen LogP contribution in [-0.2, 0) is 4.79 Å². The lowest BCUT2D eigenvalue weighted by Gasteiger charge is -2.07. The first-order valence-electron chi connectivity index (χ1n) is 11.0. The number of carbonyl (C=O) groups is 1. The Labute approximate surface area is 171 Å². The van der Waals surface area contributed by atoms with Crippen LogP contribution in [0.15, 0.2) is 36.4 Å². The zero-order valence-electron chi connectivity index (χ0n) is 17.8. The summed E-state index contributed by atoms with van der Waals surface area (Å²) in [7, 11) is 0. The number of benzene rings is 1. The van der Waals surface area contributed by atoms with Crippen LogP contribution in [0.25, 0.3) is 6.08 Å². The van der Waals surface area contributed by atoms with Gasteiger partial charge in [-0.2, -0.15) is 0 Å². The third kappa shape index (κ3) is 11.6. The van der Waals surface area contributed by atoms with Gasteiger partial charge >= 0.3 is 0 Å².